The molecule has 4 rings (SSSR count). The molecule has 0 radical (unpaired) electrons. The Labute approximate surface area is 215 Å². The van der Waals surface area contributed by atoms with Crippen molar-refractivity contribution >= 4 is 52.4 Å². The number of halogens is 4. The zero-order valence-corrected chi connectivity index (χ0v) is 20.6. The topological polar surface area (TPSA) is 66.2 Å². The molecule has 0 aliphatic rings. The van der Waals surface area contributed by atoms with Gasteiger partial charge in [-0.25, -0.2) is 9.48 Å². The van der Waals surface area contributed by atoms with Crippen molar-refractivity contribution in [3.05, 3.63) is 109 Å². The molecule has 0 atom stereocenters. The van der Waals surface area contributed by atoms with Gasteiger partial charge in [0.15, 0.2) is 0 Å². The van der Waals surface area contributed by atoms with Gasteiger partial charge in [-0.2, -0.15) is 0 Å². The lowest BCUT2D eigenvalue weighted by molar-refractivity contribution is 0.0458. The Morgan fingerprint density at radius 1 is 0.824 bits per heavy atom. The van der Waals surface area contributed by atoms with E-state index in [1.807, 2.05) is 30.3 Å². The van der Waals surface area contributed by atoms with Gasteiger partial charge in [-0.3, -0.25) is 0 Å². The van der Waals surface area contributed by atoms with Gasteiger partial charge in [-0.15, -0.1) is 5.10 Å². The number of rotatable bonds is 8. The van der Waals surface area contributed by atoms with Gasteiger partial charge < -0.3 is 9.47 Å². The molecule has 34 heavy (non-hydrogen) atoms. The highest BCUT2D eigenvalue weighted by Gasteiger charge is 2.19. The number of ether oxygens (including phenoxy) is 2. The zero-order valence-electron chi connectivity index (χ0n) is 17.6. The average Bonchev–Trinajstić information content (AvgIpc) is 3.22. The van der Waals surface area contributed by atoms with Crippen molar-refractivity contribution in [3.63, 3.8) is 0 Å². The van der Waals surface area contributed by atoms with E-state index in [1.54, 1.807) is 28.9 Å². The quantitative estimate of drug-likeness (QED) is 0.228. The molecule has 0 fully saturated rings. The van der Waals surface area contributed by atoms with E-state index in [2.05, 4.69) is 10.3 Å². The van der Waals surface area contributed by atoms with E-state index in [9.17, 15) is 4.79 Å². The molecule has 0 unspecified atom stereocenters. The van der Waals surface area contributed by atoms with Crippen LogP contribution in [0.5, 0.6) is 0 Å². The number of nitrogens with zero attached hydrogens (tertiary/aromatic N) is 3. The second-order valence-corrected chi connectivity index (χ2v) is 8.85. The number of aromatic nitrogens is 3. The maximum atomic E-state index is 12.6. The summed E-state index contributed by atoms with van der Waals surface area (Å²) in [6.45, 7) is 0.272. The van der Waals surface area contributed by atoms with Crippen molar-refractivity contribution in [1.82, 2.24) is 15.0 Å². The van der Waals surface area contributed by atoms with Crippen LogP contribution in [0.15, 0.2) is 66.7 Å². The fourth-order valence-corrected chi connectivity index (χ4v) is 4.08. The molecule has 0 spiro atoms. The molecular formula is C24H17Cl4N3O3. The Kier molecular flexibility index (Phi) is 8.08. The lowest BCUT2D eigenvalue weighted by Crippen LogP contribution is -2.11. The molecular weight excluding hydrogens is 520 g/mol. The first-order valence-electron chi connectivity index (χ1n) is 10.0. The Morgan fingerprint density at radius 3 is 2.24 bits per heavy atom. The van der Waals surface area contributed by atoms with Crippen LogP contribution in [0, 0.1) is 0 Å². The van der Waals surface area contributed by atoms with Gasteiger partial charge in [-0.05, 0) is 48.0 Å². The molecule has 1 aromatic heterocycles. The number of hydrogen-bond donors (Lipinski definition) is 0. The third-order valence-corrected chi connectivity index (χ3v) is 5.98. The summed E-state index contributed by atoms with van der Waals surface area (Å²) < 4.78 is 13.0. The first-order valence-corrected chi connectivity index (χ1v) is 11.6. The molecule has 3 aromatic carbocycles. The SMILES string of the molecule is O=C(OCc1c(COCc2ccc(Cl)cc2Cl)nnn1-c1ccccc1)c1ccc(Cl)cc1Cl. The lowest BCUT2D eigenvalue weighted by atomic mass is 10.2. The Balaban J connectivity index is 1.52. The van der Waals surface area contributed by atoms with Crippen molar-refractivity contribution < 1.29 is 14.3 Å². The molecule has 0 aliphatic heterocycles. The molecule has 4 aromatic rings. The van der Waals surface area contributed by atoms with E-state index in [-0.39, 0.29) is 30.4 Å². The predicted molar refractivity (Wildman–Crippen MR) is 132 cm³/mol. The number of carbonyl (C=O) groups excluding carboxylic acids is 1. The van der Waals surface area contributed by atoms with Crippen LogP contribution in [0.25, 0.3) is 5.69 Å². The first-order chi connectivity index (χ1) is 16.4. The normalized spacial score (nSPS) is 10.9. The van der Waals surface area contributed by atoms with Crippen LogP contribution >= 0.6 is 46.4 Å². The fraction of sp³-hybridized carbons (Fsp3) is 0.125. The van der Waals surface area contributed by atoms with Crippen LogP contribution in [0.4, 0.5) is 0 Å². The molecule has 0 bridgehead atoms. The minimum atomic E-state index is -0.595. The van der Waals surface area contributed by atoms with Crippen LogP contribution in [0.1, 0.15) is 27.3 Å². The lowest BCUT2D eigenvalue weighted by Gasteiger charge is -2.11. The zero-order chi connectivity index (χ0) is 24.1. The summed E-state index contributed by atoms with van der Waals surface area (Å²) in [5.41, 5.74) is 2.83. The average molecular weight is 537 g/mol. The van der Waals surface area contributed by atoms with Crippen LogP contribution in [0.2, 0.25) is 20.1 Å². The van der Waals surface area contributed by atoms with Gasteiger partial charge >= 0.3 is 5.97 Å². The van der Waals surface area contributed by atoms with Crippen LogP contribution < -0.4 is 0 Å². The number of benzene rings is 3. The van der Waals surface area contributed by atoms with E-state index in [4.69, 9.17) is 55.9 Å². The number of esters is 1. The highest BCUT2D eigenvalue weighted by atomic mass is 35.5. The van der Waals surface area contributed by atoms with Gasteiger partial charge in [-0.1, -0.05) is 75.9 Å². The Bertz CT molecular complexity index is 1310. The summed E-state index contributed by atoms with van der Waals surface area (Å²) in [6, 6.07) is 19.1. The van der Waals surface area contributed by atoms with Crippen LogP contribution in [-0.4, -0.2) is 21.0 Å². The summed E-state index contributed by atoms with van der Waals surface area (Å²) in [6.07, 6.45) is 0. The number of hydrogen-bond acceptors (Lipinski definition) is 5. The van der Waals surface area contributed by atoms with Gasteiger partial charge in [0.2, 0.25) is 0 Å². The van der Waals surface area contributed by atoms with Crippen molar-refractivity contribution in [2.45, 2.75) is 19.8 Å². The van der Waals surface area contributed by atoms with Crippen LogP contribution in [0.3, 0.4) is 0 Å². The van der Waals surface area contributed by atoms with E-state index < -0.39 is 5.97 Å². The van der Waals surface area contributed by atoms with Crippen molar-refractivity contribution in [2.24, 2.45) is 0 Å². The van der Waals surface area contributed by atoms with Gasteiger partial charge in [0, 0.05) is 15.1 Å². The molecule has 0 aliphatic carbocycles. The number of carbonyl (C=O) groups is 1. The van der Waals surface area contributed by atoms with E-state index in [1.165, 1.54) is 12.1 Å². The van der Waals surface area contributed by atoms with Gasteiger partial charge in [0.25, 0.3) is 0 Å². The molecule has 0 saturated heterocycles. The highest BCUT2D eigenvalue weighted by Crippen LogP contribution is 2.24. The van der Waals surface area contributed by atoms with E-state index in [0.717, 1.165) is 11.3 Å². The summed E-state index contributed by atoms with van der Waals surface area (Å²) in [5.74, 6) is -0.595. The van der Waals surface area contributed by atoms with E-state index in [0.29, 0.717) is 26.5 Å². The minimum Gasteiger partial charge on any atom is -0.455 e. The molecule has 0 saturated carbocycles. The second kappa shape index (κ2) is 11.2. The fourth-order valence-electron chi connectivity index (χ4n) is 3.13. The van der Waals surface area contributed by atoms with Crippen molar-refractivity contribution in [1.29, 1.82) is 0 Å². The first kappa shape index (κ1) is 24.5. The number of para-hydroxylation sites is 1. The molecule has 174 valence electrons. The third-order valence-electron chi connectivity index (χ3n) is 4.85. The summed E-state index contributed by atoms with van der Waals surface area (Å²) in [7, 11) is 0. The second-order valence-electron chi connectivity index (χ2n) is 7.16. The van der Waals surface area contributed by atoms with Crippen molar-refractivity contribution in [2.75, 3.05) is 0 Å². The van der Waals surface area contributed by atoms with Crippen LogP contribution in [-0.2, 0) is 29.3 Å². The van der Waals surface area contributed by atoms with Gasteiger partial charge in [0.1, 0.15) is 18.0 Å². The predicted octanol–water partition coefficient (Wildman–Crippen LogP) is 6.95. The molecule has 6 nitrogen and oxygen atoms in total. The summed E-state index contributed by atoms with van der Waals surface area (Å²) >= 11 is 24.2. The molecule has 10 heteroatoms. The third kappa shape index (κ3) is 5.90. The van der Waals surface area contributed by atoms with Crippen molar-refractivity contribution in [3.8, 4) is 5.69 Å². The summed E-state index contributed by atoms with van der Waals surface area (Å²) in [4.78, 5) is 12.6. The smallest absolute Gasteiger partial charge is 0.340 e. The highest BCUT2D eigenvalue weighted by molar-refractivity contribution is 6.36. The monoisotopic (exact) mass is 535 g/mol. The standard InChI is InChI=1S/C24H17Cl4N3O3/c25-16-7-6-15(20(27)10-16)12-33-13-22-23(31(30-29-22)18-4-2-1-3-5-18)14-34-24(32)19-9-8-17(26)11-21(19)28/h1-11H,12-14H2. The maximum absolute atomic E-state index is 12.6. The molecule has 0 N–H and O–H groups in total. The minimum absolute atomic E-state index is 0.0971. The Hall–Kier alpha value is -2.61. The Morgan fingerprint density at radius 2 is 1.53 bits per heavy atom. The molecule has 0 amide bonds. The maximum Gasteiger partial charge on any atom is 0.340 e. The van der Waals surface area contributed by atoms with Gasteiger partial charge in [0.05, 0.1) is 29.5 Å². The van der Waals surface area contributed by atoms with E-state index >= 15 is 0 Å². The summed E-state index contributed by atoms with van der Waals surface area (Å²) in [5, 5.41) is 10.2. The molecule has 1 heterocycles. The largest absolute Gasteiger partial charge is 0.455 e.